The van der Waals surface area contributed by atoms with Crippen molar-refractivity contribution < 1.29 is 13.5 Å². The fourth-order valence-electron chi connectivity index (χ4n) is 2.42. The third-order valence-corrected chi connectivity index (χ3v) is 4.69. The first-order valence-corrected chi connectivity index (χ1v) is 10.4. The summed E-state index contributed by atoms with van der Waals surface area (Å²) >= 11 is 0. The normalized spacial score (nSPS) is 11.4. The molecule has 0 amide bonds. The van der Waals surface area contributed by atoms with Crippen molar-refractivity contribution in [3.8, 4) is 0 Å². The highest BCUT2D eigenvalue weighted by molar-refractivity contribution is 7.90. The lowest BCUT2D eigenvalue weighted by atomic mass is 10.0. The van der Waals surface area contributed by atoms with Crippen LogP contribution in [0.1, 0.15) is 5.56 Å². The molecular weight excluding hydrogens is 362 g/mol. The molecule has 0 aromatic heterocycles. The second-order valence-corrected chi connectivity index (χ2v) is 8.32. The molecule has 7 heteroatoms. The molecule has 0 aliphatic carbocycles. The van der Waals surface area contributed by atoms with E-state index in [1.807, 2.05) is 54.6 Å². The number of nitrogens with zero attached hydrogens (tertiary/aromatic N) is 2. The number of nitrogens with two attached hydrogens (primary N) is 1. The number of hydrogen-bond acceptors (Lipinski definition) is 6. The second-order valence-electron chi connectivity index (χ2n) is 6.06. The van der Waals surface area contributed by atoms with Gasteiger partial charge in [-0.25, -0.2) is 8.42 Å². The molecule has 6 nitrogen and oxygen atoms in total. The van der Waals surface area contributed by atoms with Crippen LogP contribution in [0.25, 0.3) is 10.8 Å². The summed E-state index contributed by atoms with van der Waals surface area (Å²) in [6, 6.07) is 19.7. The average Bonchev–Trinajstić information content (AvgIpc) is 2.64. The van der Waals surface area contributed by atoms with E-state index in [1.54, 1.807) is 0 Å². The molecule has 0 aliphatic heterocycles. The van der Waals surface area contributed by atoms with Gasteiger partial charge in [0.25, 0.3) is 0 Å². The van der Waals surface area contributed by atoms with E-state index in [2.05, 4.69) is 23.2 Å². The molecule has 0 unspecified atom stereocenters. The first-order chi connectivity index (χ1) is 12.8. The summed E-state index contributed by atoms with van der Waals surface area (Å²) in [5.41, 5.74) is 9.55. The Morgan fingerprint density at radius 1 is 0.963 bits per heavy atom. The van der Waals surface area contributed by atoms with Crippen molar-refractivity contribution in [1.82, 2.24) is 0 Å². The van der Waals surface area contributed by atoms with Gasteiger partial charge in [-0.2, -0.15) is 5.11 Å². The zero-order valence-corrected chi connectivity index (χ0v) is 16.1. The number of sulfone groups is 1. The summed E-state index contributed by atoms with van der Waals surface area (Å²) < 4.78 is 20.1. The van der Waals surface area contributed by atoms with Crippen molar-refractivity contribution in [2.75, 3.05) is 24.3 Å². The van der Waals surface area contributed by atoms with E-state index in [-0.39, 0.29) is 12.4 Å². The first kappa shape index (κ1) is 20.5. The van der Waals surface area contributed by atoms with Crippen LogP contribution in [0.3, 0.4) is 0 Å². The van der Waals surface area contributed by atoms with Crippen molar-refractivity contribution >= 4 is 37.7 Å². The maximum atomic E-state index is 10.1. The minimum atomic E-state index is -2.92. The topological polar surface area (TPSA) is 105 Å². The fourth-order valence-corrected chi connectivity index (χ4v) is 2.75. The Hall–Kier alpha value is -2.77. The minimum Gasteiger partial charge on any atom is -0.396 e. The zero-order valence-electron chi connectivity index (χ0n) is 15.3. The van der Waals surface area contributed by atoms with Crippen molar-refractivity contribution in [2.45, 2.75) is 6.92 Å². The van der Waals surface area contributed by atoms with Gasteiger partial charge >= 0.3 is 0 Å². The van der Waals surface area contributed by atoms with E-state index in [4.69, 9.17) is 10.8 Å². The molecule has 0 aliphatic rings. The van der Waals surface area contributed by atoms with Crippen molar-refractivity contribution in [1.29, 1.82) is 0 Å². The number of aliphatic hydroxyl groups excluding tert-OH is 1. The summed E-state index contributed by atoms with van der Waals surface area (Å²) in [7, 11) is -2.92. The average molecular weight is 385 g/mol. The van der Waals surface area contributed by atoms with E-state index >= 15 is 0 Å². The molecule has 3 aromatic carbocycles. The van der Waals surface area contributed by atoms with Crippen LogP contribution in [0.5, 0.6) is 0 Å². The molecule has 3 N–H and O–H groups in total. The first-order valence-electron chi connectivity index (χ1n) is 8.35. The predicted molar refractivity (Wildman–Crippen MR) is 111 cm³/mol. The van der Waals surface area contributed by atoms with Gasteiger partial charge < -0.3 is 10.8 Å². The van der Waals surface area contributed by atoms with Gasteiger partial charge in [-0.3, -0.25) is 0 Å². The Kier molecular flexibility index (Phi) is 7.04. The van der Waals surface area contributed by atoms with Crippen LogP contribution in [0, 0.1) is 6.92 Å². The summed E-state index contributed by atoms with van der Waals surface area (Å²) in [6.45, 7) is 1.78. The highest BCUT2D eigenvalue weighted by Crippen LogP contribution is 2.34. The number of anilines is 1. The third-order valence-electron chi connectivity index (χ3n) is 3.76. The summed E-state index contributed by atoms with van der Waals surface area (Å²) in [6.07, 6.45) is 1.09. The molecule has 142 valence electrons. The molecule has 27 heavy (non-hydrogen) atoms. The van der Waals surface area contributed by atoms with Crippen LogP contribution < -0.4 is 5.73 Å². The molecule has 3 rings (SSSR count). The Labute approximate surface area is 159 Å². The van der Waals surface area contributed by atoms with E-state index in [9.17, 15) is 8.42 Å². The maximum Gasteiger partial charge on any atom is 0.149 e. The van der Waals surface area contributed by atoms with Crippen LogP contribution in [-0.4, -0.2) is 32.1 Å². The largest absolute Gasteiger partial charge is 0.396 e. The van der Waals surface area contributed by atoms with Crippen LogP contribution in [0.2, 0.25) is 0 Å². The number of benzene rings is 3. The number of nitrogen functional groups attached to an aromatic ring is 1. The molecule has 0 heterocycles. The van der Waals surface area contributed by atoms with Crippen molar-refractivity contribution in [3.63, 3.8) is 0 Å². The Morgan fingerprint density at radius 2 is 1.56 bits per heavy atom. The van der Waals surface area contributed by atoms with Crippen LogP contribution in [0.15, 0.2) is 70.9 Å². The lowest BCUT2D eigenvalue weighted by molar-refractivity contribution is 0.320. The van der Waals surface area contributed by atoms with Gasteiger partial charge in [0.15, 0.2) is 0 Å². The van der Waals surface area contributed by atoms with Gasteiger partial charge in [0, 0.05) is 11.6 Å². The van der Waals surface area contributed by atoms with Crippen LogP contribution in [-0.2, 0) is 9.84 Å². The third kappa shape index (κ3) is 6.16. The van der Waals surface area contributed by atoms with Gasteiger partial charge in [0.1, 0.15) is 15.5 Å². The summed E-state index contributed by atoms with van der Waals surface area (Å²) in [5, 5.41) is 18.7. The van der Waals surface area contributed by atoms with E-state index in [1.165, 1.54) is 0 Å². The van der Waals surface area contributed by atoms with Crippen LogP contribution >= 0.6 is 0 Å². The van der Waals surface area contributed by atoms with E-state index < -0.39 is 9.84 Å². The summed E-state index contributed by atoms with van der Waals surface area (Å²) in [5.74, 6) is -0.132. The number of azo groups is 1. The van der Waals surface area contributed by atoms with Crippen molar-refractivity contribution in [3.05, 3.63) is 66.2 Å². The SMILES string of the molecule is CS(=O)(=O)CCO.Cc1cc(N=Nc2ccccc2)c(N)c2ccccc12. The fraction of sp³-hybridized carbons (Fsp3) is 0.200. The number of rotatable bonds is 4. The molecule has 0 saturated carbocycles. The van der Waals surface area contributed by atoms with Gasteiger partial charge in [-0.1, -0.05) is 42.5 Å². The van der Waals surface area contributed by atoms with Gasteiger partial charge in [0.2, 0.25) is 0 Å². The monoisotopic (exact) mass is 385 g/mol. The zero-order chi connectivity index (χ0) is 19.9. The predicted octanol–water partition coefficient (Wildman–Crippen LogP) is 4.17. The lowest BCUT2D eigenvalue weighted by Crippen LogP contribution is -2.05. The number of fused-ring (bicyclic) bond motifs is 1. The molecule has 0 radical (unpaired) electrons. The quantitative estimate of drug-likeness (QED) is 0.519. The van der Waals surface area contributed by atoms with E-state index in [0.717, 1.165) is 28.3 Å². The summed E-state index contributed by atoms with van der Waals surface area (Å²) in [4.78, 5) is 0. The highest BCUT2D eigenvalue weighted by atomic mass is 32.2. The molecular formula is C20H23N3O3S. The molecule has 0 spiro atoms. The van der Waals surface area contributed by atoms with Gasteiger partial charge in [0.05, 0.1) is 23.7 Å². The number of hydrogen-bond donors (Lipinski definition) is 2. The van der Waals surface area contributed by atoms with Gasteiger partial charge in [-0.05, 0) is 36.1 Å². The molecule has 0 bridgehead atoms. The maximum absolute atomic E-state index is 10.1. The standard InChI is InChI=1S/C17H15N3.C3H8O3S/c1-12-11-16(20-19-13-7-3-2-4-8-13)17(18)15-10-6-5-9-14(12)15;1-7(5,6)3-2-4/h2-11H,18H2,1H3;4H,2-3H2,1H3. The number of aryl methyl sites for hydroxylation is 1. The molecule has 0 saturated heterocycles. The molecule has 0 fully saturated rings. The Morgan fingerprint density at radius 3 is 2.11 bits per heavy atom. The molecule has 0 atom stereocenters. The van der Waals surface area contributed by atoms with E-state index in [0.29, 0.717) is 11.4 Å². The smallest absolute Gasteiger partial charge is 0.149 e. The number of aliphatic hydroxyl groups is 1. The lowest BCUT2D eigenvalue weighted by Gasteiger charge is -2.07. The second kappa shape index (κ2) is 9.25. The van der Waals surface area contributed by atoms with Crippen LogP contribution in [0.4, 0.5) is 17.1 Å². The van der Waals surface area contributed by atoms with Crippen molar-refractivity contribution in [2.24, 2.45) is 10.2 Å². The molecule has 3 aromatic rings. The Bertz CT molecular complexity index is 1030. The minimum absolute atomic E-state index is 0.132. The van der Waals surface area contributed by atoms with Gasteiger partial charge in [-0.15, -0.1) is 5.11 Å². The Balaban J connectivity index is 0.000000321. The highest BCUT2D eigenvalue weighted by Gasteiger charge is 2.06.